The molecule has 5 nitrogen and oxygen atoms in total. The van der Waals surface area contributed by atoms with Crippen molar-refractivity contribution in [2.45, 2.75) is 50.1 Å². The number of para-hydroxylation sites is 2. The molecule has 1 amide bonds. The summed E-state index contributed by atoms with van der Waals surface area (Å²) in [5.41, 5.74) is 7.90. The third kappa shape index (κ3) is 3.87. The van der Waals surface area contributed by atoms with Gasteiger partial charge in [-0.2, -0.15) is 11.8 Å². The van der Waals surface area contributed by atoms with Crippen molar-refractivity contribution in [1.82, 2.24) is 14.9 Å². The van der Waals surface area contributed by atoms with Gasteiger partial charge >= 0.3 is 0 Å². The first kappa shape index (κ1) is 16.3. The highest BCUT2D eigenvalue weighted by atomic mass is 32.2. The Balaban J connectivity index is 1.72. The number of benzene rings is 1. The van der Waals surface area contributed by atoms with Crippen LogP contribution in [-0.4, -0.2) is 33.8 Å². The Kier molecular flexibility index (Phi) is 5.23. The maximum atomic E-state index is 12.5. The Labute approximate surface area is 141 Å². The van der Waals surface area contributed by atoms with E-state index in [0.29, 0.717) is 12.6 Å². The molecule has 0 atom stereocenters. The SMILES string of the molecule is CSCc1nc2ccccc2n1CC(=O)NC1CCC(N)CC1. The minimum atomic E-state index is 0.0657. The highest BCUT2D eigenvalue weighted by molar-refractivity contribution is 7.97. The van der Waals surface area contributed by atoms with Crippen LogP contribution >= 0.6 is 11.8 Å². The Morgan fingerprint density at radius 3 is 2.83 bits per heavy atom. The van der Waals surface area contributed by atoms with Crippen molar-refractivity contribution in [3.8, 4) is 0 Å². The molecule has 3 rings (SSSR count). The predicted molar refractivity (Wildman–Crippen MR) is 95.3 cm³/mol. The lowest BCUT2D eigenvalue weighted by molar-refractivity contribution is -0.122. The Morgan fingerprint density at radius 1 is 1.35 bits per heavy atom. The highest BCUT2D eigenvalue weighted by Crippen LogP contribution is 2.20. The molecule has 0 aliphatic heterocycles. The molecule has 0 spiro atoms. The van der Waals surface area contributed by atoms with E-state index in [1.807, 2.05) is 28.8 Å². The molecule has 1 heterocycles. The van der Waals surface area contributed by atoms with Gasteiger partial charge in [-0.3, -0.25) is 4.79 Å². The highest BCUT2D eigenvalue weighted by Gasteiger charge is 2.21. The van der Waals surface area contributed by atoms with Crippen molar-refractivity contribution in [2.24, 2.45) is 5.73 Å². The van der Waals surface area contributed by atoms with Crippen molar-refractivity contribution in [2.75, 3.05) is 6.26 Å². The van der Waals surface area contributed by atoms with Gasteiger partial charge in [-0.1, -0.05) is 12.1 Å². The molecule has 2 aromatic rings. The standard InChI is InChI=1S/C17H24N4OS/c1-23-11-16-20-14-4-2-3-5-15(14)21(16)10-17(22)19-13-8-6-12(18)7-9-13/h2-5,12-13H,6-11,18H2,1H3,(H,19,22). The molecular formula is C17H24N4OS. The molecule has 1 fully saturated rings. The van der Waals surface area contributed by atoms with Gasteiger partial charge in [-0.25, -0.2) is 4.98 Å². The number of nitrogens with zero attached hydrogens (tertiary/aromatic N) is 2. The summed E-state index contributed by atoms with van der Waals surface area (Å²) in [6.45, 7) is 0.332. The molecule has 0 radical (unpaired) electrons. The van der Waals surface area contributed by atoms with Crippen LogP contribution < -0.4 is 11.1 Å². The molecule has 1 aromatic carbocycles. The fraction of sp³-hybridized carbons (Fsp3) is 0.529. The smallest absolute Gasteiger partial charge is 0.240 e. The van der Waals surface area contributed by atoms with Gasteiger partial charge in [0.05, 0.1) is 16.8 Å². The van der Waals surface area contributed by atoms with Crippen LogP contribution in [0.3, 0.4) is 0 Å². The van der Waals surface area contributed by atoms with Gasteiger partial charge in [0.2, 0.25) is 5.91 Å². The number of imidazole rings is 1. The van der Waals surface area contributed by atoms with Crippen LogP contribution in [0.1, 0.15) is 31.5 Å². The van der Waals surface area contributed by atoms with E-state index in [1.165, 1.54) is 0 Å². The lowest BCUT2D eigenvalue weighted by atomic mass is 9.92. The van der Waals surface area contributed by atoms with Gasteiger partial charge in [0.15, 0.2) is 0 Å². The minimum Gasteiger partial charge on any atom is -0.352 e. The number of carbonyl (C=O) groups excluding carboxylic acids is 1. The summed E-state index contributed by atoms with van der Waals surface area (Å²) in [5.74, 6) is 1.83. The summed E-state index contributed by atoms with van der Waals surface area (Å²) in [6.07, 6.45) is 6.01. The zero-order chi connectivity index (χ0) is 16.2. The van der Waals surface area contributed by atoms with Gasteiger partial charge in [0, 0.05) is 12.1 Å². The van der Waals surface area contributed by atoms with Crippen molar-refractivity contribution >= 4 is 28.7 Å². The molecule has 3 N–H and O–H groups in total. The number of fused-ring (bicyclic) bond motifs is 1. The number of hydrogen-bond acceptors (Lipinski definition) is 4. The number of nitrogens with two attached hydrogens (primary N) is 1. The van der Waals surface area contributed by atoms with Crippen LogP contribution in [0.2, 0.25) is 0 Å². The molecule has 6 heteroatoms. The van der Waals surface area contributed by atoms with Gasteiger partial charge in [-0.15, -0.1) is 0 Å². The zero-order valence-corrected chi connectivity index (χ0v) is 14.3. The first-order valence-corrected chi connectivity index (χ1v) is 9.55. The lowest BCUT2D eigenvalue weighted by Gasteiger charge is -2.27. The van der Waals surface area contributed by atoms with Crippen LogP contribution in [0.15, 0.2) is 24.3 Å². The van der Waals surface area contributed by atoms with Crippen LogP contribution in [-0.2, 0) is 17.1 Å². The number of nitrogens with one attached hydrogen (secondary N) is 1. The van der Waals surface area contributed by atoms with Crippen LogP contribution in [0.5, 0.6) is 0 Å². The lowest BCUT2D eigenvalue weighted by Crippen LogP contribution is -2.41. The maximum absolute atomic E-state index is 12.5. The van der Waals surface area contributed by atoms with Crippen LogP contribution in [0.25, 0.3) is 11.0 Å². The largest absolute Gasteiger partial charge is 0.352 e. The number of amides is 1. The second-order valence-electron chi connectivity index (χ2n) is 6.22. The molecule has 23 heavy (non-hydrogen) atoms. The third-order valence-corrected chi connectivity index (χ3v) is 4.99. The average molecular weight is 332 g/mol. The Morgan fingerprint density at radius 2 is 2.09 bits per heavy atom. The summed E-state index contributed by atoms with van der Waals surface area (Å²) in [7, 11) is 0. The molecule has 124 valence electrons. The number of aromatic nitrogens is 2. The van der Waals surface area contributed by atoms with Crippen LogP contribution in [0, 0.1) is 0 Å². The average Bonchev–Trinajstić information content (AvgIpc) is 2.88. The minimum absolute atomic E-state index is 0.0657. The van der Waals surface area contributed by atoms with Crippen molar-refractivity contribution in [3.63, 3.8) is 0 Å². The molecule has 1 aromatic heterocycles. The number of hydrogen-bond donors (Lipinski definition) is 2. The van der Waals surface area contributed by atoms with Crippen LogP contribution in [0.4, 0.5) is 0 Å². The molecule has 1 aliphatic rings. The first-order valence-electron chi connectivity index (χ1n) is 8.15. The number of rotatable bonds is 5. The second-order valence-corrected chi connectivity index (χ2v) is 7.08. The molecule has 0 unspecified atom stereocenters. The Hall–Kier alpha value is -1.53. The normalized spacial score (nSPS) is 21.5. The van der Waals surface area contributed by atoms with E-state index in [0.717, 1.165) is 48.3 Å². The monoisotopic (exact) mass is 332 g/mol. The van der Waals surface area contributed by atoms with Gasteiger partial charge in [0.1, 0.15) is 12.4 Å². The van der Waals surface area contributed by atoms with E-state index < -0.39 is 0 Å². The first-order chi connectivity index (χ1) is 11.2. The fourth-order valence-corrected chi connectivity index (χ4v) is 3.70. The fourth-order valence-electron chi connectivity index (χ4n) is 3.22. The Bertz CT molecular complexity index is 676. The summed E-state index contributed by atoms with van der Waals surface area (Å²) >= 11 is 1.72. The third-order valence-electron chi connectivity index (χ3n) is 4.45. The maximum Gasteiger partial charge on any atom is 0.240 e. The van der Waals surface area contributed by atoms with Gasteiger partial charge in [-0.05, 0) is 44.1 Å². The van der Waals surface area contributed by atoms with E-state index in [2.05, 4.69) is 16.6 Å². The molecule has 0 bridgehead atoms. The summed E-state index contributed by atoms with van der Waals surface area (Å²) in [5, 5.41) is 3.16. The van der Waals surface area contributed by atoms with E-state index in [1.54, 1.807) is 11.8 Å². The van der Waals surface area contributed by atoms with E-state index in [-0.39, 0.29) is 11.9 Å². The van der Waals surface area contributed by atoms with Crippen molar-refractivity contribution in [1.29, 1.82) is 0 Å². The molecule has 1 saturated carbocycles. The van der Waals surface area contributed by atoms with Gasteiger partial charge < -0.3 is 15.6 Å². The summed E-state index contributed by atoms with van der Waals surface area (Å²) < 4.78 is 2.04. The van der Waals surface area contributed by atoms with Crippen molar-refractivity contribution < 1.29 is 4.79 Å². The van der Waals surface area contributed by atoms with E-state index in [9.17, 15) is 4.79 Å². The van der Waals surface area contributed by atoms with E-state index >= 15 is 0 Å². The second kappa shape index (κ2) is 7.36. The molecule has 0 saturated heterocycles. The summed E-state index contributed by atoms with van der Waals surface area (Å²) in [4.78, 5) is 17.1. The van der Waals surface area contributed by atoms with E-state index in [4.69, 9.17) is 5.73 Å². The summed E-state index contributed by atoms with van der Waals surface area (Å²) in [6, 6.07) is 8.56. The van der Waals surface area contributed by atoms with Crippen molar-refractivity contribution in [3.05, 3.63) is 30.1 Å². The predicted octanol–water partition coefficient (Wildman–Crippen LogP) is 2.29. The molecule has 1 aliphatic carbocycles. The number of carbonyl (C=O) groups is 1. The topological polar surface area (TPSA) is 72.9 Å². The van der Waals surface area contributed by atoms with Gasteiger partial charge in [0.25, 0.3) is 0 Å². The quantitative estimate of drug-likeness (QED) is 0.881. The zero-order valence-electron chi connectivity index (χ0n) is 13.5. The number of thioether (sulfide) groups is 1. The molecular weight excluding hydrogens is 308 g/mol.